The van der Waals surface area contributed by atoms with Crippen molar-refractivity contribution in [1.82, 2.24) is 14.5 Å². The molecule has 1 aromatic rings. The van der Waals surface area contributed by atoms with E-state index < -0.39 is 0 Å². The lowest BCUT2D eigenvalue weighted by atomic mass is 9.94. The van der Waals surface area contributed by atoms with Crippen molar-refractivity contribution in [2.24, 2.45) is 5.73 Å². The molecule has 4 heteroatoms. The first-order valence-corrected chi connectivity index (χ1v) is 8.08. The van der Waals surface area contributed by atoms with Gasteiger partial charge in [-0.1, -0.05) is 0 Å². The third-order valence-electron chi connectivity index (χ3n) is 4.62. The lowest BCUT2D eigenvalue weighted by molar-refractivity contribution is 0.176. The van der Waals surface area contributed by atoms with Crippen molar-refractivity contribution in [3.8, 4) is 0 Å². The number of likely N-dealkylation sites (tertiary alicyclic amines) is 1. The summed E-state index contributed by atoms with van der Waals surface area (Å²) < 4.78 is 2.50. The first kappa shape index (κ1) is 14.1. The Labute approximate surface area is 122 Å². The van der Waals surface area contributed by atoms with Crippen molar-refractivity contribution in [2.45, 2.75) is 64.0 Å². The molecule has 3 heterocycles. The number of piperidine rings is 1. The summed E-state index contributed by atoms with van der Waals surface area (Å²) in [5.74, 6) is 2.00. The van der Waals surface area contributed by atoms with Crippen molar-refractivity contribution < 1.29 is 0 Å². The van der Waals surface area contributed by atoms with E-state index in [0.717, 1.165) is 19.6 Å². The summed E-state index contributed by atoms with van der Waals surface area (Å²) in [5.41, 5.74) is 7.50. The Morgan fingerprint density at radius 1 is 1.25 bits per heavy atom. The number of aromatic nitrogens is 2. The molecule has 4 nitrogen and oxygen atoms in total. The highest BCUT2D eigenvalue weighted by Crippen LogP contribution is 2.30. The predicted molar refractivity (Wildman–Crippen MR) is 81.8 cm³/mol. The van der Waals surface area contributed by atoms with Crippen molar-refractivity contribution in [3.63, 3.8) is 0 Å². The first-order chi connectivity index (χ1) is 9.53. The number of fused-ring (bicyclic) bond motifs is 1. The third kappa shape index (κ3) is 3.07. The molecule has 0 amide bonds. The Kier molecular flexibility index (Phi) is 3.87. The Morgan fingerprint density at radius 3 is 2.70 bits per heavy atom. The maximum absolute atomic E-state index is 6.13. The van der Waals surface area contributed by atoms with Crippen LogP contribution in [0.15, 0.2) is 6.20 Å². The van der Waals surface area contributed by atoms with Crippen LogP contribution >= 0.6 is 0 Å². The van der Waals surface area contributed by atoms with Crippen molar-refractivity contribution >= 4 is 0 Å². The van der Waals surface area contributed by atoms with Crippen LogP contribution in [0, 0.1) is 0 Å². The topological polar surface area (TPSA) is 47.1 Å². The molecule has 3 rings (SSSR count). The zero-order valence-corrected chi connectivity index (χ0v) is 12.9. The standard InChI is InChI=1S/C16H28N4/c1-16(2,17)12-19-9-6-13(7-10-19)15-18-11-14-5-3-4-8-20(14)15/h11,13H,3-10,12,17H2,1-2H3. The monoisotopic (exact) mass is 276 g/mol. The van der Waals surface area contributed by atoms with Gasteiger partial charge in [-0.3, -0.25) is 0 Å². The van der Waals surface area contributed by atoms with E-state index in [0.29, 0.717) is 5.92 Å². The van der Waals surface area contributed by atoms with E-state index >= 15 is 0 Å². The lowest BCUT2D eigenvalue weighted by Crippen LogP contribution is -2.47. The van der Waals surface area contributed by atoms with Crippen molar-refractivity contribution in [2.75, 3.05) is 19.6 Å². The normalized spacial score (nSPS) is 21.9. The van der Waals surface area contributed by atoms with E-state index in [2.05, 4.69) is 29.5 Å². The highest BCUT2D eigenvalue weighted by molar-refractivity contribution is 5.12. The highest BCUT2D eigenvalue weighted by Gasteiger charge is 2.27. The molecule has 2 aliphatic heterocycles. The molecule has 0 aromatic carbocycles. The molecular weight excluding hydrogens is 248 g/mol. The van der Waals surface area contributed by atoms with Gasteiger partial charge in [-0.25, -0.2) is 4.98 Å². The van der Waals surface area contributed by atoms with Gasteiger partial charge in [0.15, 0.2) is 0 Å². The largest absolute Gasteiger partial charge is 0.332 e. The molecular formula is C16H28N4. The lowest BCUT2D eigenvalue weighted by Gasteiger charge is -2.36. The fourth-order valence-electron chi connectivity index (χ4n) is 3.71. The van der Waals surface area contributed by atoms with Crippen LogP contribution in [0.3, 0.4) is 0 Å². The second-order valence-corrected chi connectivity index (χ2v) is 7.26. The van der Waals surface area contributed by atoms with Crippen LogP contribution in [0.1, 0.15) is 57.0 Å². The summed E-state index contributed by atoms with van der Waals surface area (Å²) in [6, 6.07) is 0. The maximum atomic E-state index is 6.13. The van der Waals surface area contributed by atoms with Crippen LogP contribution in [0.4, 0.5) is 0 Å². The van der Waals surface area contributed by atoms with E-state index in [1.807, 2.05) is 0 Å². The van der Waals surface area contributed by atoms with Gasteiger partial charge in [0.1, 0.15) is 5.82 Å². The SMILES string of the molecule is CC(C)(N)CN1CCC(c2ncc3n2CCCC3)CC1. The van der Waals surface area contributed by atoms with E-state index in [1.165, 1.54) is 50.2 Å². The van der Waals surface area contributed by atoms with Gasteiger partial charge in [-0.15, -0.1) is 0 Å². The van der Waals surface area contributed by atoms with Crippen LogP contribution in [0.25, 0.3) is 0 Å². The smallest absolute Gasteiger partial charge is 0.112 e. The number of nitrogens with zero attached hydrogens (tertiary/aromatic N) is 3. The molecule has 1 fully saturated rings. The first-order valence-electron chi connectivity index (χ1n) is 8.08. The van der Waals surface area contributed by atoms with Crippen LogP contribution < -0.4 is 5.73 Å². The minimum absolute atomic E-state index is 0.0840. The molecule has 0 bridgehead atoms. The average molecular weight is 276 g/mol. The van der Waals surface area contributed by atoms with Gasteiger partial charge in [-0.05, 0) is 59.0 Å². The van der Waals surface area contributed by atoms with Gasteiger partial charge in [0.2, 0.25) is 0 Å². The van der Waals surface area contributed by atoms with Crippen LogP contribution in [-0.4, -0.2) is 39.6 Å². The summed E-state index contributed by atoms with van der Waals surface area (Å²) in [4.78, 5) is 7.25. The van der Waals surface area contributed by atoms with Crippen LogP contribution in [0.2, 0.25) is 0 Å². The van der Waals surface area contributed by atoms with Gasteiger partial charge in [0, 0.05) is 36.4 Å². The highest BCUT2D eigenvalue weighted by atomic mass is 15.2. The van der Waals surface area contributed by atoms with E-state index in [4.69, 9.17) is 10.7 Å². The van der Waals surface area contributed by atoms with Crippen LogP contribution in [-0.2, 0) is 13.0 Å². The third-order valence-corrected chi connectivity index (χ3v) is 4.62. The molecule has 0 spiro atoms. The quantitative estimate of drug-likeness (QED) is 0.920. The predicted octanol–water partition coefficient (Wildman–Crippen LogP) is 2.14. The summed E-state index contributed by atoms with van der Waals surface area (Å²) in [7, 11) is 0. The molecule has 2 N–H and O–H groups in total. The number of aryl methyl sites for hydroxylation is 1. The fourth-order valence-corrected chi connectivity index (χ4v) is 3.71. The zero-order valence-electron chi connectivity index (χ0n) is 12.9. The van der Waals surface area contributed by atoms with Crippen molar-refractivity contribution in [1.29, 1.82) is 0 Å². The molecule has 0 atom stereocenters. The molecule has 2 aliphatic rings. The Morgan fingerprint density at radius 2 is 2.00 bits per heavy atom. The van der Waals surface area contributed by atoms with Gasteiger partial charge in [0.05, 0.1) is 0 Å². The van der Waals surface area contributed by atoms with Crippen molar-refractivity contribution in [3.05, 3.63) is 17.7 Å². The molecule has 0 unspecified atom stereocenters. The molecule has 1 saturated heterocycles. The maximum Gasteiger partial charge on any atom is 0.112 e. The number of nitrogens with two attached hydrogens (primary N) is 1. The van der Waals surface area contributed by atoms with E-state index in [1.54, 1.807) is 0 Å². The minimum Gasteiger partial charge on any atom is -0.332 e. The Balaban J connectivity index is 1.62. The molecule has 1 aromatic heterocycles. The minimum atomic E-state index is -0.0840. The Hall–Kier alpha value is -0.870. The number of hydrogen-bond donors (Lipinski definition) is 1. The average Bonchev–Trinajstić information content (AvgIpc) is 2.82. The second kappa shape index (κ2) is 5.49. The molecule has 20 heavy (non-hydrogen) atoms. The summed E-state index contributed by atoms with van der Waals surface area (Å²) in [6.45, 7) is 8.73. The van der Waals surface area contributed by atoms with E-state index in [9.17, 15) is 0 Å². The Bertz CT molecular complexity index is 450. The summed E-state index contributed by atoms with van der Waals surface area (Å²) >= 11 is 0. The fraction of sp³-hybridized carbons (Fsp3) is 0.812. The summed E-state index contributed by atoms with van der Waals surface area (Å²) in [6.07, 6.45) is 8.43. The van der Waals surface area contributed by atoms with Crippen LogP contribution in [0.5, 0.6) is 0 Å². The van der Waals surface area contributed by atoms with E-state index in [-0.39, 0.29) is 5.54 Å². The zero-order chi connectivity index (χ0) is 14.2. The number of hydrogen-bond acceptors (Lipinski definition) is 3. The van der Waals surface area contributed by atoms with Gasteiger partial charge < -0.3 is 15.2 Å². The van der Waals surface area contributed by atoms with Gasteiger partial charge in [-0.2, -0.15) is 0 Å². The summed E-state index contributed by atoms with van der Waals surface area (Å²) in [5, 5.41) is 0. The van der Waals surface area contributed by atoms with Gasteiger partial charge in [0.25, 0.3) is 0 Å². The van der Waals surface area contributed by atoms with Gasteiger partial charge >= 0.3 is 0 Å². The number of imidazole rings is 1. The molecule has 0 radical (unpaired) electrons. The molecule has 0 saturated carbocycles. The second-order valence-electron chi connectivity index (χ2n) is 7.26. The molecule has 0 aliphatic carbocycles. The molecule has 112 valence electrons. The number of rotatable bonds is 3.